The van der Waals surface area contributed by atoms with Crippen molar-refractivity contribution in [2.24, 2.45) is 0 Å². The lowest BCUT2D eigenvalue weighted by molar-refractivity contribution is 0.415. The Morgan fingerprint density at radius 2 is 1.83 bits per heavy atom. The third-order valence-corrected chi connectivity index (χ3v) is 6.34. The largest absolute Gasteiger partial charge is 0.497 e. The number of rotatable bonds is 8. The second-order valence-electron chi connectivity index (χ2n) is 6.20. The maximum absolute atomic E-state index is 6.14. The van der Waals surface area contributed by atoms with Crippen LogP contribution in [0.3, 0.4) is 0 Å². The van der Waals surface area contributed by atoms with Crippen LogP contribution in [0.4, 0.5) is 0 Å². The summed E-state index contributed by atoms with van der Waals surface area (Å²) in [6.07, 6.45) is 0.884. The van der Waals surface area contributed by atoms with Crippen LogP contribution in [0.25, 0.3) is 11.4 Å². The number of nitrogens with zero attached hydrogens (tertiary/aromatic N) is 5. The van der Waals surface area contributed by atoms with Crippen molar-refractivity contribution in [1.29, 1.82) is 0 Å². The lowest BCUT2D eigenvalue weighted by atomic mass is 10.1. The van der Waals surface area contributed by atoms with E-state index in [0.29, 0.717) is 10.1 Å². The van der Waals surface area contributed by atoms with Crippen LogP contribution in [-0.4, -0.2) is 31.5 Å². The summed E-state index contributed by atoms with van der Waals surface area (Å²) in [5.74, 6) is 2.24. The van der Waals surface area contributed by atoms with Gasteiger partial charge in [-0.1, -0.05) is 58.2 Å². The zero-order valence-corrected chi connectivity index (χ0v) is 18.0. The fourth-order valence-electron chi connectivity index (χ4n) is 2.85. The van der Waals surface area contributed by atoms with Gasteiger partial charge in [-0.05, 0) is 36.2 Å². The topological polar surface area (TPSA) is 65.7 Å². The Hall–Kier alpha value is -2.42. The molecule has 0 aliphatic heterocycles. The minimum absolute atomic E-state index is 0.599. The lowest BCUT2D eigenvalue weighted by Crippen LogP contribution is -2.05. The van der Waals surface area contributed by atoms with Crippen LogP contribution in [0.2, 0.25) is 4.34 Å². The molecule has 4 aromatic rings. The third-order valence-electron chi connectivity index (χ3n) is 4.38. The molecule has 0 N–H and O–H groups in total. The third kappa shape index (κ3) is 4.77. The lowest BCUT2D eigenvalue weighted by Gasteiger charge is -2.11. The molecule has 6 nitrogen and oxygen atoms in total. The molecular formula is C20H18ClN5OS2. The number of ether oxygens (including phenoxy) is 1. The van der Waals surface area contributed by atoms with E-state index in [2.05, 4.69) is 48.6 Å². The highest BCUT2D eigenvalue weighted by atomic mass is 35.5. The molecule has 0 aliphatic carbocycles. The van der Waals surface area contributed by atoms with E-state index in [0.717, 1.165) is 41.0 Å². The summed E-state index contributed by atoms with van der Waals surface area (Å²) in [6.45, 7) is 0.768. The van der Waals surface area contributed by atoms with E-state index in [9.17, 15) is 0 Å². The molecule has 0 aliphatic rings. The van der Waals surface area contributed by atoms with Gasteiger partial charge in [0.15, 0.2) is 11.0 Å². The number of hydrogen-bond acceptors (Lipinski definition) is 7. The molecule has 0 spiro atoms. The molecule has 0 radical (unpaired) electrons. The monoisotopic (exact) mass is 443 g/mol. The second-order valence-corrected chi connectivity index (χ2v) is 8.50. The molecule has 0 bridgehead atoms. The average Bonchev–Trinajstić information content (AvgIpc) is 3.37. The summed E-state index contributed by atoms with van der Waals surface area (Å²) >= 11 is 8.90. The van der Waals surface area contributed by atoms with E-state index >= 15 is 0 Å². The number of halogens is 1. The van der Waals surface area contributed by atoms with Crippen molar-refractivity contribution in [2.45, 2.75) is 23.9 Å². The van der Waals surface area contributed by atoms with Gasteiger partial charge in [0.25, 0.3) is 0 Å². The molecule has 0 unspecified atom stereocenters. The van der Waals surface area contributed by atoms with Crippen LogP contribution < -0.4 is 4.74 Å². The summed E-state index contributed by atoms with van der Waals surface area (Å²) in [5, 5.41) is 13.8. The van der Waals surface area contributed by atoms with E-state index in [1.807, 2.05) is 30.3 Å². The Balaban J connectivity index is 1.60. The van der Waals surface area contributed by atoms with Crippen molar-refractivity contribution >= 4 is 34.9 Å². The Bertz CT molecular complexity index is 1070. The first kappa shape index (κ1) is 19.9. The first-order valence-electron chi connectivity index (χ1n) is 8.95. The van der Waals surface area contributed by atoms with E-state index in [1.165, 1.54) is 17.1 Å². The highest BCUT2D eigenvalue weighted by Crippen LogP contribution is 2.29. The molecule has 4 rings (SSSR count). The van der Waals surface area contributed by atoms with Gasteiger partial charge in [0, 0.05) is 29.4 Å². The van der Waals surface area contributed by atoms with Crippen LogP contribution in [0.15, 0.2) is 59.8 Å². The first-order chi connectivity index (χ1) is 14.2. The van der Waals surface area contributed by atoms with E-state index in [1.54, 1.807) is 18.9 Å². The molecule has 148 valence electrons. The molecule has 0 atom stereocenters. The summed E-state index contributed by atoms with van der Waals surface area (Å²) in [4.78, 5) is 0. The number of methoxy groups -OCH3 is 1. The van der Waals surface area contributed by atoms with Gasteiger partial charge in [-0.3, -0.25) is 0 Å². The first-order valence-corrected chi connectivity index (χ1v) is 11.1. The van der Waals surface area contributed by atoms with Crippen LogP contribution in [0.1, 0.15) is 11.3 Å². The molecule has 2 aromatic carbocycles. The number of thioether (sulfide) groups is 1. The highest BCUT2D eigenvalue weighted by molar-refractivity contribution is 7.98. The fourth-order valence-corrected chi connectivity index (χ4v) is 4.55. The van der Waals surface area contributed by atoms with Crippen molar-refractivity contribution in [3.63, 3.8) is 0 Å². The van der Waals surface area contributed by atoms with Crippen LogP contribution >= 0.6 is 34.9 Å². The fraction of sp³-hybridized carbons (Fsp3) is 0.200. The van der Waals surface area contributed by atoms with Gasteiger partial charge in [0.1, 0.15) is 15.8 Å². The Labute approximate surface area is 182 Å². The van der Waals surface area contributed by atoms with Gasteiger partial charge in [0.2, 0.25) is 0 Å². The SMILES string of the molecule is COc1ccc(-c2nnc(SCc3nnsc3Cl)n2CCc2ccccc2)cc1. The summed E-state index contributed by atoms with van der Waals surface area (Å²) in [6, 6.07) is 18.2. The Morgan fingerprint density at radius 1 is 1.03 bits per heavy atom. The van der Waals surface area contributed by atoms with Gasteiger partial charge in [-0.25, -0.2) is 0 Å². The van der Waals surface area contributed by atoms with Gasteiger partial charge >= 0.3 is 0 Å². The van der Waals surface area contributed by atoms with Crippen molar-refractivity contribution in [3.05, 3.63) is 70.2 Å². The normalized spacial score (nSPS) is 11.0. The summed E-state index contributed by atoms with van der Waals surface area (Å²) < 4.78 is 11.9. The highest BCUT2D eigenvalue weighted by Gasteiger charge is 2.16. The van der Waals surface area contributed by atoms with Crippen molar-refractivity contribution in [2.75, 3.05) is 7.11 Å². The molecule has 0 saturated heterocycles. The standard InChI is InChI=1S/C20H18ClN5OS2/c1-27-16-9-7-15(8-10-16)19-23-24-20(28-13-17-18(21)29-25-22-17)26(19)12-11-14-5-3-2-4-6-14/h2-10H,11-13H2,1H3. The molecule has 0 fully saturated rings. The van der Waals surface area contributed by atoms with Crippen molar-refractivity contribution in [3.8, 4) is 17.1 Å². The number of aromatic nitrogens is 5. The summed E-state index contributed by atoms with van der Waals surface area (Å²) in [7, 11) is 1.66. The minimum Gasteiger partial charge on any atom is -0.497 e. The number of hydrogen-bond donors (Lipinski definition) is 0. The summed E-state index contributed by atoms with van der Waals surface area (Å²) in [5.41, 5.74) is 3.03. The molecule has 0 amide bonds. The zero-order valence-electron chi connectivity index (χ0n) is 15.7. The zero-order chi connectivity index (χ0) is 20.1. The second kappa shape index (κ2) is 9.39. The molecule has 2 aromatic heterocycles. The molecular weight excluding hydrogens is 426 g/mol. The van der Waals surface area contributed by atoms with Crippen molar-refractivity contribution in [1.82, 2.24) is 24.4 Å². The Kier molecular flexibility index (Phi) is 6.43. The molecule has 0 saturated carbocycles. The average molecular weight is 444 g/mol. The van der Waals surface area contributed by atoms with Gasteiger partial charge in [-0.15, -0.1) is 15.3 Å². The Morgan fingerprint density at radius 3 is 2.52 bits per heavy atom. The van der Waals surface area contributed by atoms with E-state index in [4.69, 9.17) is 16.3 Å². The van der Waals surface area contributed by atoms with E-state index < -0.39 is 0 Å². The predicted octanol–water partition coefficient (Wildman–Crippen LogP) is 4.99. The molecule has 29 heavy (non-hydrogen) atoms. The quantitative estimate of drug-likeness (QED) is 0.357. The molecule has 2 heterocycles. The number of benzene rings is 2. The van der Waals surface area contributed by atoms with Crippen LogP contribution in [0, 0.1) is 0 Å². The van der Waals surface area contributed by atoms with Crippen LogP contribution in [-0.2, 0) is 18.7 Å². The molecule has 9 heteroatoms. The van der Waals surface area contributed by atoms with Gasteiger partial charge in [0.05, 0.1) is 7.11 Å². The van der Waals surface area contributed by atoms with Crippen LogP contribution in [0.5, 0.6) is 5.75 Å². The minimum atomic E-state index is 0.599. The smallest absolute Gasteiger partial charge is 0.191 e. The maximum atomic E-state index is 6.14. The van der Waals surface area contributed by atoms with Gasteiger partial charge < -0.3 is 9.30 Å². The maximum Gasteiger partial charge on any atom is 0.191 e. The van der Waals surface area contributed by atoms with Crippen molar-refractivity contribution < 1.29 is 4.74 Å². The van der Waals surface area contributed by atoms with Gasteiger partial charge in [-0.2, -0.15) is 0 Å². The number of aryl methyl sites for hydroxylation is 1. The predicted molar refractivity (Wildman–Crippen MR) is 117 cm³/mol. The van der Waals surface area contributed by atoms with E-state index in [-0.39, 0.29) is 0 Å².